The molecule has 0 aliphatic carbocycles. The van der Waals surface area contributed by atoms with Crippen LogP contribution in [0.3, 0.4) is 0 Å². The van der Waals surface area contributed by atoms with Crippen molar-refractivity contribution >= 4 is 17.4 Å². The number of nitrogens with one attached hydrogen (secondary N) is 1. The zero-order valence-corrected chi connectivity index (χ0v) is 14.4. The zero-order valence-electron chi connectivity index (χ0n) is 14.4. The summed E-state index contributed by atoms with van der Waals surface area (Å²) in [5.74, 6) is 0.0671. The van der Waals surface area contributed by atoms with E-state index in [1.165, 1.54) is 4.68 Å². The second-order valence-electron chi connectivity index (χ2n) is 5.87. The molecule has 3 rings (SSSR count). The molecule has 3 aromatic rings. The van der Waals surface area contributed by atoms with Crippen molar-refractivity contribution in [2.24, 2.45) is 0 Å². The molecule has 0 unspecified atom stereocenters. The molecule has 1 aromatic carbocycles. The lowest BCUT2D eigenvalue weighted by atomic mass is 10.2. The lowest BCUT2D eigenvalue weighted by molar-refractivity contribution is -0.386. The summed E-state index contributed by atoms with van der Waals surface area (Å²) in [7, 11) is 0. The molecule has 0 fully saturated rings. The van der Waals surface area contributed by atoms with Crippen LogP contribution in [0.15, 0.2) is 42.6 Å². The Kier molecular flexibility index (Phi) is 4.78. The summed E-state index contributed by atoms with van der Waals surface area (Å²) in [4.78, 5) is 22.7. The Morgan fingerprint density at radius 1 is 1.19 bits per heavy atom. The quantitative estimate of drug-likeness (QED) is 0.540. The minimum absolute atomic E-state index is 0.0649. The van der Waals surface area contributed by atoms with Crippen LogP contribution in [0.1, 0.15) is 17.0 Å². The van der Waals surface area contributed by atoms with Gasteiger partial charge in [0.25, 0.3) is 0 Å². The van der Waals surface area contributed by atoms with Crippen molar-refractivity contribution in [1.82, 2.24) is 19.6 Å². The van der Waals surface area contributed by atoms with Crippen LogP contribution in [0.4, 0.5) is 11.5 Å². The van der Waals surface area contributed by atoms with Crippen molar-refractivity contribution in [3.63, 3.8) is 0 Å². The number of aryl methyl sites for hydroxylation is 1. The normalized spacial score (nSPS) is 10.7. The van der Waals surface area contributed by atoms with Crippen LogP contribution in [0, 0.1) is 24.0 Å². The molecular formula is C17H18N6O3. The van der Waals surface area contributed by atoms with Crippen molar-refractivity contribution in [2.45, 2.75) is 26.9 Å². The first-order valence-corrected chi connectivity index (χ1v) is 7.99. The van der Waals surface area contributed by atoms with E-state index in [2.05, 4.69) is 15.5 Å². The fourth-order valence-corrected chi connectivity index (χ4v) is 2.71. The van der Waals surface area contributed by atoms with Gasteiger partial charge in [0.15, 0.2) is 5.82 Å². The van der Waals surface area contributed by atoms with Crippen LogP contribution < -0.4 is 5.32 Å². The molecule has 0 bridgehead atoms. The van der Waals surface area contributed by atoms with Crippen LogP contribution in [0.25, 0.3) is 0 Å². The van der Waals surface area contributed by atoms with Gasteiger partial charge >= 0.3 is 5.69 Å². The number of benzene rings is 1. The van der Waals surface area contributed by atoms with Gasteiger partial charge in [-0.05, 0) is 19.4 Å². The van der Waals surface area contributed by atoms with Gasteiger partial charge in [0, 0.05) is 12.3 Å². The minimum Gasteiger partial charge on any atom is -0.308 e. The van der Waals surface area contributed by atoms with Crippen LogP contribution >= 0.6 is 0 Å². The third kappa shape index (κ3) is 3.77. The first-order valence-electron chi connectivity index (χ1n) is 7.99. The summed E-state index contributed by atoms with van der Waals surface area (Å²) in [6.45, 7) is 3.59. The molecule has 1 N–H and O–H groups in total. The third-order valence-corrected chi connectivity index (χ3v) is 3.91. The highest BCUT2D eigenvalue weighted by atomic mass is 16.6. The van der Waals surface area contributed by atoms with Crippen molar-refractivity contribution < 1.29 is 9.72 Å². The number of carbonyl (C=O) groups excluding carboxylic acids is 1. The van der Waals surface area contributed by atoms with E-state index in [9.17, 15) is 14.9 Å². The number of anilines is 1. The lowest BCUT2D eigenvalue weighted by Crippen LogP contribution is -2.20. The maximum absolute atomic E-state index is 12.2. The molecule has 0 saturated heterocycles. The van der Waals surface area contributed by atoms with E-state index in [0.717, 1.165) is 5.56 Å². The molecule has 0 radical (unpaired) electrons. The number of nitro groups is 1. The summed E-state index contributed by atoms with van der Waals surface area (Å²) >= 11 is 0. The summed E-state index contributed by atoms with van der Waals surface area (Å²) in [5.41, 5.74) is 1.66. The van der Waals surface area contributed by atoms with E-state index >= 15 is 0 Å². The fourth-order valence-electron chi connectivity index (χ4n) is 2.71. The van der Waals surface area contributed by atoms with Gasteiger partial charge in [0.2, 0.25) is 5.91 Å². The number of hydrogen-bond donors (Lipinski definition) is 1. The summed E-state index contributed by atoms with van der Waals surface area (Å²) < 4.78 is 3.04. The van der Waals surface area contributed by atoms with Gasteiger partial charge in [-0.1, -0.05) is 30.3 Å². The van der Waals surface area contributed by atoms with Gasteiger partial charge in [-0.25, -0.2) is 0 Å². The monoisotopic (exact) mass is 354 g/mol. The molecular weight excluding hydrogens is 336 g/mol. The average Bonchev–Trinajstić information content (AvgIpc) is 3.12. The molecule has 2 aromatic heterocycles. The summed E-state index contributed by atoms with van der Waals surface area (Å²) in [6.07, 6.45) is 1.77. The van der Waals surface area contributed by atoms with Gasteiger partial charge in [-0.15, -0.1) is 0 Å². The minimum atomic E-state index is -0.489. The molecule has 0 spiro atoms. The van der Waals surface area contributed by atoms with Crippen LogP contribution in [0.5, 0.6) is 0 Å². The SMILES string of the molecule is Cc1nn(CC(=O)Nc2ccn(Cc3ccccc3)n2)c(C)c1[N+](=O)[O-]. The zero-order chi connectivity index (χ0) is 18.7. The van der Waals surface area contributed by atoms with Crippen LogP contribution in [0.2, 0.25) is 0 Å². The Morgan fingerprint density at radius 2 is 1.92 bits per heavy atom. The lowest BCUT2D eigenvalue weighted by Gasteiger charge is -2.04. The topological polar surface area (TPSA) is 108 Å². The van der Waals surface area contributed by atoms with Gasteiger partial charge < -0.3 is 5.32 Å². The molecule has 9 heteroatoms. The molecule has 0 saturated carbocycles. The highest BCUT2D eigenvalue weighted by Gasteiger charge is 2.22. The Hall–Kier alpha value is -3.49. The molecule has 9 nitrogen and oxygen atoms in total. The first kappa shape index (κ1) is 17.3. The van der Waals surface area contributed by atoms with Crippen LogP contribution in [-0.4, -0.2) is 30.4 Å². The standard InChI is InChI=1S/C17H18N6O3/c1-12-17(23(25)26)13(2)22(19-12)11-16(24)18-15-8-9-21(20-15)10-14-6-4-3-5-7-14/h3-9H,10-11H2,1-2H3,(H,18,20,24). The molecule has 1 amide bonds. The largest absolute Gasteiger partial charge is 0.312 e. The number of nitrogens with zero attached hydrogens (tertiary/aromatic N) is 5. The Labute approximate surface area is 149 Å². The highest BCUT2D eigenvalue weighted by Crippen LogP contribution is 2.21. The molecule has 26 heavy (non-hydrogen) atoms. The maximum atomic E-state index is 12.2. The van der Waals surface area contributed by atoms with E-state index in [0.29, 0.717) is 18.1 Å². The third-order valence-electron chi connectivity index (χ3n) is 3.91. The number of carbonyl (C=O) groups is 1. The predicted molar refractivity (Wildman–Crippen MR) is 94.8 cm³/mol. The van der Waals surface area contributed by atoms with E-state index in [1.807, 2.05) is 30.3 Å². The van der Waals surface area contributed by atoms with Gasteiger partial charge in [-0.2, -0.15) is 10.2 Å². The van der Waals surface area contributed by atoms with Crippen molar-refractivity contribution in [1.29, 1.82) is 0 Å². The molecule has 0 aliphatic heterocycles. The second kappa shape index (κ2) is 7.18. The van der Waals surface area contributed by atoms with Crippen LogP contribution in [-0.2, 0) is 17.9 Å². The number of amides is 1. The van der Waals surface area contributed by atoms with E-state index in [1.54, 1.807) is 30.8 Å². The summed E-state index contributed by atoms with van der Waals surface area (Å²) in [6, 6.07) is 11.5. The number of hydrogen-bond acceptors (Lipinski definition) is 5. The molecule has 2 heterocycles. The smallest absolute Gasteiger partial charge is 0.308 e. The van der Waals surface area contributed by atoms with Gasteiger partial charge in [0.1, 0.15) is 17.9 Å². The van der Waals surface area contributed by atoms with Gasteiger partial charge in [0.05, 0.1) is 11.5 Å². The van der Waals surface area contributed by atoms with Crippen molar-refractivity contribution in [3.05, 3.63) is 69.7 Å². The Bertz CT molecular complexity index is 945. The maximum Gasteiger partial charge on any atom is 0.312 e. The van der Waals surface area contributed by atoms with E-state index < -0.39 is 4.92 Å². The van der Waals surface area contributed by atoms with E-state index in [4.69, 9.17) is 0 Å². The fraction of sp³-hybridized carbons (Fsp3) is 0.235. The number of rotatable bonds is 6. The molecule has 0 atom stereocenters. The first-order chi connectivity index (χ1) is 12.4. The average molecular weight is 354 g/mol. The molecule has 0 aliphatic rings. The molecule has 134 valence electrons. The summed E-state index contributed by atoms with van der Waals surface area (Å²) in [5, 5.41) is 22.1. The van der Waals surface area contributed by atoms with E-state index in [-0.39, 0.29) is 23.8 Å². The van der Waals surface area contributed by atoms with Crippen molar-refractivity contribution in [2.75, 3.05) is 5.32 Å². The number of aromatic nitrogens is 4. The second-order valence-corrected chi connectivity index (χ2v) is 5.87. The Morgan fingerprint density at radius 3 is 2.58 bits per heavy atom. The van der Waals surface area contributed by atoms with Gasteiger partial charge in [-0.3, -0.25) is 24.3 Å². The highest BCUT2D eigenvalue weighted by molar-refractivity contribution is 5.89. The Balaban J connectivity index is 1.64. The van der Waals surface area contributed by atoms with Crippen molar-refractivity contribution in [3.8, 4) is 0 Å². The predicted octanol–water partition coefficient (Wildman–Crippen LogP) is 2.29.